The smallest absolute Gasteiger partial charge is 0.255 e. The monoisotopic (exact) mass is 479 g/mol. The number of Topliss-reactive ketones (excluding diaryl/α,β-unsaturated/α-hetero) is 2. The van der Waals surface area contributed by atoms with Gasteiger partial charge in [-0.2, -0.15) is 0 Å². The van der Waals surface area contributed by atoms with Crippen LogP contribution in [0.25, 0.3) is 11.3 Å². The van der Waals surface area contributed by atoms with Crippen molar-refractivity contribution >= 4 is 17.5 Å². The Morgan fingerprint density at radius 2 is 1.89 bits per heavy atom. The van der Waals surface area contributed by atoms with E-state index in [1.807, 2.05) is 6.07 Å². The number of primary amides is 1. The van der Waals surface area contributed by atoms with Gasteiger partial charge >= 0.3 is 0 Å². The van der Waals surface area contributed by atoms with Crippen LogP contribution in [0.1, 0.15) is 22.3 Å². The minimum absolute atomic E-state index is 0.0158. The van der Waals surface area contributed by atoms with E-state index in [1.54, 1.807) is 32.4 Å². The predicted molar refractivity (Wildman–Crippen MR) is 123 cm³/mol. The van der Waals surface area contributed by atoms with Crippen LogP contribution in [0.5, 0.6) is 5.75 Å². The zero-order chi connectivity index (χ0) is 25.4. The molecule has 3 aliphatic rings. The fourth-order valence-corrected chi connectivity index (χ4v) is 6.00. The molecule has 10 heteroatoms. The van der Waals surface area contributed by atoms with Crippen molar-refractivity contribution < 1.29 is 34.8 Å². The molecule has 10 nitrogen and oxygen atoms in total. The fraction of sp³-hybridized carbons (Fsp3) is 0.320. The first-order valence-corrected chi connectivity index (χ1v) is 11.1. The third-order valence-electron chi connectivity index (χ3n) is 7.49. The number of likely N-dealkylation sites (N-methyl/N-ethyl adjacent to an activating group) is 1. The zero-order valence-electron chi connectivity index (χ0n) is 19.1. The first-order chi connectivity index (χ1) is 16.5. The van der Waals surface area contributed by atoms with Gasteiger partial charge in [0, 0.05) is 28.9 Å². The Morgan fingerprint density at radius 3 is 2.49 bits per heavy atom. The lowest BCUT2D eigenvalue weighted by atomic mass is 9.58. The molecular formula is C25H25N3O7. The number of aliphatic hydroxyl groups is 3. The normalized spacial score (nSPS) is 28.2. The quantitative estimate of drug-likeness (QED) is 0.355. The summed E-state index contributed by atoms with van der Waals surface area (Å²) in [5.74, 6) is -6.63. The predicted octanol–water partition coefficient (Wildman–Crippen LogP) is 1.12. The Labute approximate surface area is 200 Å². The van der Waals surface area contributed by atoms with Gasteiger partial charge < -0.3 is 31.1 Å². The largest absolute Gasteiger partial charge is 0.510 e. The standard InChI is InChI=1S/C25H25N3O7/c1-28(2)19-13-9-10-8-12-11(14-4-3-7-27-14)5-6-15(29)17(12)20(30)16(10)22(32)25(13,35)23(33)18(21(19)31)24(26)34/h3-7,10,13,19,27,29,31-32,35H,8-9H2,1-2H3,(H2,26,34)/t10-,13-,19-,25-/m0/s1. The number of fused-ring (bicyclic) bond motifs is 3. The third kappa shape index (κ3) is 2.93. The minimum Gasteiger partial charge on any atom is -0.510 e. The average molecular weight is 479 g/mol. The van der Waals surface area contributed by atoms with Gasteiger partial charge in [-0.05, 0) is 62.7 Å². The molecule has 0 unspecified atom stereocenters. The number of aromatic hydroxyl groups is 1. The number of phenols is 1. The van der Waals surface area contributed by atoms with Crippen molar-refractivity contribution in [3.05, 3.63) is 64.3 Å². The molecule has 1 heterocycles. The van der Waals surface area contributed by atoms with Crippen LogP contribution >= 0.6 is 0 Å². The number of allylic oxidation sites excluding steroid dienone is 1. The van der Waals surface area contributed by atoms with Crippen LogP contribution in [0.15, 0.2) is 53.1 Å². The molecule has 5 rings (SSSR count). The number of H-pyrrole nitrogens is 1. The summed E-state index contributed by atoms with van der Waals surface area (Å²) in [7, 11) is 3.18. The topological polar surface area (TPSA) is 177 Å². The van der Waals surface area contributed by atoms with Crippen LogP contribution in [0, 0.1) is 11.8 Å². The maximum absolute atomic E-state index is 13.6. The van der Waals surface area contributed by atoms with E-state index in [0.29, 0.717) is 11.1 Å². The number of nitrogens with one attached hydrogen (secondary N) is 1. The molecule has 1 aromatic carbocycles. The number of amides is 1. The molecule has 0 aliphatic heterocycles. The number of carbonyl (C=O) groups is 3. The van der Waals surface area contributed by atoms with Crippen LogP contribution in [0.2, 0.25) is 0 Å². The Morgan fingerprint density at radius 1 is 1.17 bits per heavy atom. The van der Waals surface area contributed by atoms with Crippen LogP contribution in [-0.4, -0.2) is 73.5 Å². The van der Waals surface area contributed by atoms with E-state index in [0.717, 1.165) is 5.69 Å². The summed E-state index contributed by atoms with van der Waals surface area (Å²) >= 11 is 0. The van der Waals surface area contributed by atoms with Gasteiger partial charge in [-0.3, -0.25) is 19.3 Å². The Balaban J connectivity index is 1.74. The summed E-state index contributed by atoms with van der Waals surface area (Å²) in [6.07, 6.45) is 2.01. The highest BCUT2D eigenvalue weighted by Gasteiger charge is 2.63. The zero-order valence-corrected chi connectivity index (χ0v) is 19.1. The van der Waals surface area contributed by atoms with E-state index < -0.39 is 58.0 Å². The van der Waals surface area contributed by atoms with Crippen molar-refractivity contribution in [2.45, 2.75) is 24.5 Å². The molecule has 35 heavy (non-hydrogen) atoms. The highest BCUT2D eigenvalue weighted by Crippen LogP contribution is 2.53. The van der Waals surface area contributed by atoms with E-state index in [4.69, 9.17) is 5.73 Å². The number of hydrogen-bond donors (Lipinski definition) is 6. The number of aromatic amines is 1. The number of ketones is 2. The second-order valence-corrected chi connectivity index (χ2v) is 9.53. The lowest BCUT2D eigenvalue weighted by Gasteiger charge is -2.50. The summed E-state index contributed by atoms with van der Waals surface area (Å²) in [5.41, 5.74) is 3.70. The molecule has 0 bridgehead atoms. The van der Waals surface area contributed by atoms with Gasteiger partial charge in [-0.1, -0.05) is 0 Å². The van der Waals surface area contributed by atoms with E-state index >= 15 is 0 Å². The Hall–Kier alpha value is -3.89. The third-order valence-corrected chi connectivity index (χ3v) is 7.49. The molecule has 0 spiro atoms. The molecular weight excluding hydrogens is 454 g/mol. The number of nitrogens with zero attached hydrogens (tertiary/aromatic N) is 1. The van der Waals surface area contributed by atoms with E-state index in [2.05, 4.69) is 4.98 Å². The maximum Gasteiger partial charge on any atom is 0.255 e. The Kier molecular flexibility index (Phi) is 4.94. The van der Waals surface area contributed by atoms with Crippen molar-refractivity contribution in [1.29, 1.82) is 0 Å². The molecule has 0 saturated heterocycles. The summed E-state index contributed by atoms with van der Waals surface area (Å²) in [6, 6.07) is 5.69. The van der Waals surface area contributed by atoms with Gasteiger partial charge in [0.2, 0.25) is 5.78 Å². The summed E-state index contributed by atoms with van der Waals surface area (Å²) in [6.45, 7) is 0. The number of benzene rings is 1. The molecule has 0 saturated carbocycles. The summed E-state index contributed by atoms with van der Waals surface area (Å²) < 4.78 is 0. The van der Waals surface area contributed by atoms with Crippen LogP contribution in [0.4, 0.5) is 0 Å². The summed E-state index contributed by atoms with van der Waals surface area (Å²) in [4.78, 5) is 43.6. The highest BCUT2D eigenvalue weighted by atomic mass is 16.3. The second-order valence-electron chi connectivity index (χ2n) is 9.53. The SMILES string of the molecule is CN(C)[C@@H]1C(O)=C(C(N)=O)C(=O)[C@@]2(O)C(O)=C3C(=O)c4c(O)ccc(-c5ccc[nH]5)c4C[C@H]3C[C@@H]12. The number of aliphatic hydroxyl groups excluding tert-OH is 2. The molecule has 3 aliphatic carbocycles. The van der Waals surface area contributed by atoms with Gasteiger partial charge in [0.1, 0.15) is 22.8 Å². The van der Waals surface area contributed by atoms with Crippen molar-refractivity contribution in [2.24, 2.45) is 17.6 Å². The number of aromatic nitrogens is 1. The van der Waals surface area contributed by atoms with E-state index in [9.17, 15) is 34.8 Å². The first kappa shape index (κ1) is 22.9. The lowest BCUT2D eigenvalue weighted by Crippen LogP contribution is -2.63. The van der Waals surface area contributed by atoms with Gasteiger partial charge in [-0.25, -0.2) is 0 Å². The van der Waals surface area contributed by atoms with Crippen LogP contribution in [0.3, 0.4) is 0 Å². The molecule has 1 amide bonds. The molecule has 182 valence electrons. The van der Waals surface area contributed by atoms with E-state index in [-0.39, 0.29) is 29.7 Å². The molecule has 0 radical (unpaired) electrons. The molecule has 7 N–H and O–H groups in total. The van der Waals surface area contributed by atoms with Gasteiger partial charge in [0.25, 0.3) is 5.91 Å². The van der Waals surface area contributed by atoms with Gasteiger partial charge in [0.15, 0.2) is 11.4 Å². The molecule has 2 aromatic rings. The number of nitrogens with two attached hydrogens (primary N) is 1. The fourth-order valence-electron chi connectivity index (χ4n) is 6.00. The maximum atomic E-state index is 13.6. The van der Waals surface area contributed by atoms with Gasteiger partial charge in [-0.15, -0.1) is 0 Å². The number of carbonyl (C=O) groups excluding carboxylic acids is 3. The van der Waals surface area contributed by atoms with Crippen LogP contribution in [-0.2, 0) is 16.0 Å². The highest BCUT2D eigenvalue weighted by molar-refractivity contribution is 6.24. The molecule has 4 atom stereocenters. The number of hydrogen-bond acceptors (Lipinski definition) is 8. The summed E-state index contributed by atoms with van der Waals surface area (Å²) in [5, 5.41) is 44.2. The number of phenolic OH excluding ortho intramolecular Hbond substituents is 1. The van der Waals surface area contributed by atoms with Crippen molar-refractivity contribution in [1.82, 2.24) is 9.88 Å². The van der Waals surface area contributed by atoms with Crippen LogP contribution < -0.4 is 5.73 Å². The van der Waals surface area contributed by atoms with Gasteiger partial charge in [0.05, 0.1) is 11.6 Å². The average Bonchev–Trinajstić information content (AvgIpc) is 3.30. The second kappa shape index (κ2) is 7.56. The minimum atomic E-state index is -2.64. The first-order valence-electron chi connectivity index (χ1n) is 11.1. The van der Waals surface area contributed by atoms with Crippen molar-refractivity contribution in [2.75, 3.05) is 14.1 Å². The number of rotatable bonds is 3. The van der Waals surface area contributed by atoms with Crippen molar-refractivity contribution in [3.8, 4) is 17.0 Å². The molecule has 0 fully saturated rings. The molecule has 1 aromatic heterocycles. The van der Waals surface area contributed by atoms with E-state index in [1.165, 1.54) is 11.0 Å². The van der Waals surface area contributed by atoms with Crippen molar-refractivity contribution in [3.63, 3.8) is 0 Å². The lowest BCUT2D eigenvalue weighted by molar-refractivity contribution is -0.148. The Bertz CT molecular complexity index is 1360.